The largest absolute Gasteiger partial charge is 0.325 e. The zero-order chi connectivity index (χ0) is 14.5. The minimum atomic E-state index is -0.411. The number of hydrogen-bond donors (Lipinski definition) is 2. The first-order valence-electron chi connectivity index (χ1n) is 5.69. The Bertz CT molecular complexity index is 659. The molecule has 0 aliphatic carbocycles. The van der Waals surface area contributed by atoms with Gasteiger partial charge in [-0.15, -0.1) is 5.10 Å². The van der Waals surface area contributed by atoms with Crippen molar-refractivity contribution in [1.82, 2.24) is 15.2 Å². The number of H-pyrrole nitrogens is 1. The minimum absolute atomic E-state index is 0.177. The lowest BCUT2D eigenvalue weighted by atomic mass is 10.3. The van der Waals surface area contributed by atoms with Crippen molar-refractivity contribution in [2.24, 2.45) is 0 Å². The second-order valence-corrected chi connectivity index (χ2v) is 6.14. The molecular formula is C12H11BrN4O2S. The number of benzene rings is 1. The Morgan fingerprint density at radius 1 is 1.40 bits per heavy atom. The highest BCUT2D eigenvalue weighted by Crippen LogP contribution is 2.20. The lowest BCUT2D eigenvalue weighted by Gasteiger charge is -2.10. The van der Waals surface area contributed by atoms with Crippen molar-refractivity contribution in [3.8, 4) is 0 Å². The molecule has 2 rings (SSSR count). The van der Waals surface area contributed by atoms with E-state index in [0.717, 1.165) is 22.4 Å². The van der Waals surface area contributed by atoms with Crippen molar-refractivity contribution >= 4 is 39.3 Å². The normalized spacial score (nSPS) is 11.9. The van der Waals surface area contributed by atoms with Gasteiger partial charge in [0.2, 0.25) is 5.91 Å². The summed E-state index contributed by atoms with van der Waals surface area (Å²) in [6, 6.07) is 7.27. The van der Waals surface area contributed by atoms with Gasteiger partial charge >= 0.3 is 0 Å². The standard InChI is InChI=1S/C12H11BrN4O2S/c1-7(20-12-16-10(18)6-14-17-12)11(19)15-9-4-2-8(13)3-5-9/h2-7H,1H3,(H,15,19)(H,16,17,18)/t7-/m1/s1. The summed E-state index contributed by atoms with van der Waals surface area (Å²) in [6.07, 6.45) is 1.08. The van der Waals surface area contributed by atoms with E-state index in [1.807, 2.05) is 12.1 Å². The molecule has 6 nitrogen and oxygen atoms in total. The highest BCUT2D eigenvalue weighted by molar-refractivity contribution is 9.10. The Labute approximate surface area is 127 Å². The Kier molecular flexibility index (Phi) is 4.91. The number of halogens is 1. The molecule has 1 aromatic heterocycles. The van der Waals surface area contributed by atoms with Crippen LogP contribution in [0.1, 0.15) is 6.92 Å². The molecule has 0 aliphatic rings. The third-order valence-electron chi connectivity index (χ3n) is 2.32. The predicted octanol–water partition coefficient (Wildman–Crippen LogP) is 2.05. The Balaban J connectivity index is 1.98. The quantitative estimate of drug-likeness (QED) is 0.820. The van der Waals surface area contributed by atoms with Crippen LogP contribution in [-0.4, -0.2) is 26.3 Å². The maximum absolute atomic E-state index is 12.0. The van der Waals surface area contributed by atoms with Crippen LogP contribution in [0.5, 0.6) is 0 Å². The van der Waals surface area contributed by atoms with Gasteiger partial charge in [0.15, 0.2) is 5.16 Å². The molecule has 20 heavy (non-hydrogen) atoms. The highest BCUT2D eigenvalue weighted by Gasteiger charge is 2.16. The van der Waals surface area contributed by atoms with E-state index < -0.39 is 5.25 Å². The number of thioether (sulfide) groups is 1. The van der Waals surface area contributed by atoms with Crippen LogP contribution in [0.25, 0.3) is 0 Å². The third kappa shape index (κ3) is 4.17. The van der Waals surface area contributed by atoms with E-state index in [4.69, 9.17) is 0 Å². The lowest BCUT2D eigenvalue weighted by Crippen LogP contribution is -2.23. The molecule has 104 valence electrons. The molecule has 0 unspecified atom stereocenters. The lowest BCUT2D eigenvalue weighted by molar-refractivity contribution is -0.115. The zero-order valence-corrected chi connectivity index (χ0v) is 12.9. The molecule has 0 bridgehead atoms. The van der Waals surface area contributed by atoms with Gasteiger partial charge in [-0.1, -0.05) is 27.7 Å². The van der Waals surface area contributed by atoms with Crippen molar-refractivity contribution in [2.75, 3.05) is 5.32 Å². The molecule has 1 amide bonds. The van der Waals surface area contributed by atoms with E-state index in [1.165, 1.54) is 0 Å². The van der Waals surface area contributed by atoms with Gasteiger partial charge in [-0.3, -0.25) is 14.6 Å². The summed E-state index contributed by atoms with van der Waals surface area (Å²) >= 11 is 4.46. The van der Waals surface area contributed by atoms with Crippen LogP contribution >= 0.6 is 27.7 Å². The summed E-state index contributed by atoms with van der Waals surface area (Å²) in [5.41, 5.74) is 0.362. The van der Waals surface area contributed by atoms with Gasteiger partial charge in [0.25, 0.3) is 5.56 Å². The maximum atomic E-state index is 12.0. The average molecular weight is 355 g/mol. The molecule has 1 atom stereocenters. The average Bonchev–Trinajstić information content (AvgIpc) is 2.41. The number of carbonyl (C=O) groups is 1. The zero-order valence-electron chi connectivity index (χ0n) is 10.5. The Hall–Kier alpha value is -1.67. The van der Waals surface area contributed by atoms with Crippen LogP contribution in [0, 0.1) is 0 Å². The number of amides is 1. The molecule has 0 fully saturated rings. The summed E-state index contributed by atoms with van der Waals surface area (Å²) in [6.45, 7) is 1.73. The molecule has 0 radical (unpaired) electrons. The topological polar surface area (TPSA) is 87.7 Å². The molecule has 8 heteroatoms. The number of carbonyl (C=O) groups excluding carboxylic acids is 1. The molecule has 0 aliphatic heterocycles. The summed E-state index contributed by atoms with van der Waals surface area (Å²) in [4.78, 5) is 25.6. The van der Waals surface area contributed by atoms with Crippen molar-refractivity contribution in [2.45, 2.75) is 17.3 Å². The monoisotopic (exact) mass is 354 g/mol. The SMILES string of the molecule is C[C@@H](Sc1nncc(=O)[nH]1)C(=O)Nc1ccc(Br)cc1. The second kappa shape index (κ2) is 6.67. The van der Waals surface area contributed by atoms with Gasteiger partial charge in [0.05, 0.1) is 5.25 Å². The molecule has 2 N–H and O–H groups in total. The van der Waals surface area contributed by atoms with Crippen LogP contribution in [0.3, 0.4) is 0 Å². The second-order valence-electron chi connectivity index (χ2n) is 3.90. The fourth-order valence-corrected chi connectivity index (χ4v) is 2.37. The van der Waals surface area contributed by atoms with Gasteiger partial charge in [-0.05, 0) is 31.2 Å². The molecule has 1 heterocycles. The van der Waals surface area contributed by atoms with Crippen molar-refractivity contribution in [1.29, 1.82) is 0 Å². The summed E-state index contributed by atoms with van der Waals surface area (Å²) in [5.74, 6) is -0.177. The Morgan fingerprint density at radius 2 is 2.10 bits per heavy atom. The van der Waals surface area contributed by atoms with Gasteiger partial charge in [-0.2, -0.15) is 5.10 Å². The van der Waals surface area contributed by atoms with Crippen molar-refractivity contribution in [3.05, 3.63) is 45.3 Å². The maximum Gasteiger partial charge on any atom is 0.270 e. The molecule has 0 spiro atoms. The van der Waals surface area contributed by atoms with Gasteiger partial charge in [-0.25, -0.2) is 0 Å². The number of aromatic nitrogens is 3. The van der Waals surface area contributed by atoms with Crippen LogP contribution in [0.15, 0.2) is 44.9 Å². The number of nitrogens with one attached hydrogen (secondary N) is 2. The van der Waals surface area contributed by atoms with E-state index in [-0.39, 0.29) is 11.5 Å². The number of rotatable bonds is 4. The predicted molar refractivity (Wildman–Crippen MR) is 80.7 cm³/mol. The minimum Gasteiger partial charge on any atom is -0.325 e. The van der Waals surface area contributed by atoms with Crippen molar-refractivity contribution in [3.63, 3.8) is 0 Å². The third-order valence-corrected chi connectivity index (χ3v) is 3.83. The first-order valence-corrected chi connectivity index (χ1v) is 7.37. The molecule has 1 aromatic carbocycles. The molecule has 2 aromatic rings. The summed E-state index contributed by atoms with van der Waals surface area (Å²) in [7, 11) is 0. The smallest absolute Gasteiger partial charge is 0.270 e. The highest BCUT2D eigenvalue weighted by atomic mass is 79.9. The van der Waals surface area contributed by atoms with Crippen molar-refractivity contribution < 1.29 is 4.79 Å². The molecular weight excluding hydrogens is 344 g/mol. The van der Waals surface area contributed by atoms with E-state index in [0.29, 0.717) is 10.8 Å². The first-order chi connectivity index (χ1) is 9.54. The fourth-order valence-electron chi connectivity index (χ4n) is 1.35. The molecule has 0 saturated heterocycles. The van der Waals surface area contributed by atoms with Crippen LogP contribution in [-0.2, 0) is 4.79 Å². The number of hydrogen-bond acceptors (Lipinski definition) is 5. The number of anilines is 1. The number of nitrogens with zero attached hydrogens (tertiary/aromatic N) is 2. The summed E-state index contributed by atoms with van der Waals surface area (Å²) < 4.78 is 0.940. The number of aromatic amines is 1. The van der Waals surface area contributed by atoms with E-state index in [9.17, 15) is 9.59 Å². The fraction of sp³-hybridized carbons (Fsp3) is 0.167. The van der Waals surface area contributed by atoms with Crippen LogP contribution < -0.4 is 10.9 Å². The van der Waals surface area contributed by atoms with Crippen LogP contribution in [0.2, 0.25) is 0 Å². The summed E-state index contributed by atoms with van der Waals surface area (Å²) in [5, 5.41) is 9.98. The molecule has 0 saturated carbocycles. The van der Waals surface area contributed by atoms with Crippen LogP contribution in [0.4, 0.5) is 5.69 Å². The van der Waals surface area contributed by atoms with E-state index in [2.05, 4.69) is 36.4 Å². The van der Waals surface area contributed by atoms with Gasteiger partial charge in [0.1, 0.15) is 6.20 Å². The van der Waals surface area contributed by atoms with Gasteiger partial charge in [0, 0.05) is 10.2 Å². The first kappa shape index (κ1) is 14.7. The Morgan fingerprint density at radius 3 is 2.75 bits per heavy atom. The van der Waals surface area contributed by atoms with Gasteiger partial charge < -0.3 is 5.32 Å². The van der Waals surface area contributed by atoms with E-state index in [1.54, 1.807) is 19.1 Å². The van der Waals surface area contributed by atoms with E-state index >= 15 is 0 Å².